The number of halogens is 1. The number of likely N-dealkylation sites (tertiary alicyclic amines) is 1. The first-order valence-electron chi connectivity index (χ1n) is 13.9. The molecule has 2 aromatic rings. The Morgan fingerprint density at radius 3 is 2.45 bits per heavy atom. The Hall–Kier alpha value is -3.62. The summed E-state index contributed by atoms with van der Waals surface area (Å²) in [6.07, 6.45) is 8.42. The van der Waals surface area contributed by atoms with Crippen molar-refractivity contribution in [2.24, 2.45) is 4.99 Å². The SMILES string of the molecule is C=CN=C(N1CCC(NC2CCC2)CC1)N(C)N/C(CC)=C(\NC)N(C)c1nc(-c2ccc(F)cc2)c(C#N)s1. The van der Waals surface area contributed by atoms with E-state index >= 15 is 0 Å². The van der Waals surface area contributed by atoms with Crippen LogP contribution in [0.3, 0.4) is 0 Å². The fourth-order valence-corrected chi connectivity index (χ4v) is 5.97. The molecule has 4 rings (SSSR count). The maximum absolute atomic E-state index is 13.5. The number of aromatic nitrogens is 1. The van der Waals surface area contributed by atoms with Gasteiger partial charge in [0, 0.05) is 58.1 Å². The van der Waals surface area contributed by atoms with Crippen molar-refractivity contribution < 1.29 is 4.39 Å². The molecule has 9 nitrogen and oxygen atoms in total. The predicted octanol–water partition coefficient (Wildman–Crippen LogP) is 4.60. The van der Waals surface area contributed by atoms with Crippen LogP contribution in [0.4, 0.5) is 9.52 Å². The maximum Gasteiger partial charge on any atom is 0.220 e. The summed E-state index contributed by atoms with van der Waals surface area (Å²) in [4.78, 5) is 14.1. The summed E-state index contributed by atoms with van der Waals surface area (Å²) in [6.45, 7) is 7.78. The number of aliphatic imine (C=N–C) groups is 1. The van der Waals surface area contributed by atoms with Gasteiger partial charge in [-0.1, -0.05) is 31.3 Å². The van der Waals surface area contributed by atoms with Gasteiger partial charge in [0.15, 0.2) is 5.13 Å². The maximum atomic E-state index is 13.5. The van der Waals surface area contributed by atoms with Crippen molar-refractivity contribution in [1.82, 2.24) is 31.0 Å². The highest BCUT2D eigenvalue weighted by Crippen LogP contribution is 2.33. The van der Waals surface area contributed by atoms with E-state index in [-0.39, 0.29) is 5.82 Å². The number of benzene rings is 1. The van der Waals surface area contributed by atoms with Crippen LogP contribution in [-0.4, -0.2) is 67.2 Å². The van der Waals surface area contributed by atoms with Crippen molar-refractivity contribution in [3.8, 4) is 17.3 Å². The summed E-state index contributed by atoms with van der Waals surface area (Å²) in [7, 11) is 5.74. The molecule has 0 amide bonds. The molecule has 0 bridgehead atoms. The van der Waals surface area contributed by atoms with E-state index < -0.39 is 0 Å². The van der Waals surface area contributed by atoms with E-state index in [0.29, 0.717) is 39.8 Å². The van der Waals surface area contributed by atoms with Gasteiger partial charge in [0.05, 0.1) is 5.70 Å². The average Bonchev–Trinajstić information content (AvgIpc) is 3.38. The second kappa shape index (κ2) is 13.6. The summed E-state index contributed by atoms with van der Waals surface area (Å²) < 4.78 is 13.5. The molecule has 0 radical (unpaired) electrons. The number of nitrogens with zero attached hydrogens (tertiary/aromatic N) is 6. The Morgan fingerprint density at radius 1 is 1.23 bits per heavy atom. The summed E-state index contributed by atoms with van der Waals surface area (Å²) in [5.41, 5.74) is 5.71. The molecule has 1 aromatic heterocycles. The topological polar surface area (TPSA) is 94.8 Å². The molecule has 0 spiro atoms. The summed E-state index contributed by atoms with van der Waals surface area (Å²) in [5, 5.41) is 19.5. The van der Waals surface area contributed by atoms with Crippen LogP contribution in [0.2, 0.25) is 0 Å². The third-order valence-electron chi connectivity index (χ3n) is 7.50. The summed E-state index contributed by atoms with van der Waals surface area (Å²) >= 11 is 1.30. The van der Waals surface area contributed by atoms with E-state index in [1.807, 2.05) is 31.1 Å². The van der Waals surface area contributed by atoms with Crippen molar-refractivity contribution in [2.45, 2.75) is 57.5 Å². The molecule has 2 heterocycles. The van der Waals surface area contributed by atoms with Gasteiger partial charge in [0.2, 0.25) is 5.96 Å². The number of rotatable bonds is 10. The fourth-order valence-electron chi connectivity index (χ4n) is 5.12. The van der Waals surface area contributed by atoms with Crippen molar-refractivity contribution in [3.63, 3.8) is 0 Å². The van der Waals surface area contributed by atoms with Crippen LogP contribution < -0.4 is 21.0 Å². The van der Waals surface area contributed by atoms with Gasteiger partial charge in [-0.3, -0.25) is 10.4 Å². The number of anilines is 1. The molecule has 214 valence electrons. The molecular weight excluding hydrogens is 525 g/mol. The minimum absolute atomic E-state index is 0.327. The van der Waals surface area contributed by atoms with E-state index in [2.05, 4.69) is 45.5 Å². The Balaban J connectivity index is 1.50. The van der Waals surface area contributed by atoms with E-state index in [4.69, 9.17) is 4.98 Å². The van der Waals surface area contributed by atoms with Crippen molar-refractivity contribution >= 4 is 22.4 Å². The normalized spacial score (nSPS) is 17.0. The summed E-state index contributed by atoms with van der Waals surface area (Å²) in [6, 6.07) is 9.55. The number of hydrazine groups is 1. The largest absolute Gasteiger partial charge is 0.373 e. The lowest BCUT2D eigenvalue weighted by Gasteiger charge is -2.40. The van der Waals surface area contributed by atoms with Crippen molar-refractivity contribution in [3.05, 3.63) is 59.3 Å². The average molecular weight is 566 g/mol. The molecule has 1 saturated carbocycles. The zero-order valence-electron chi connectivity index (χ0n) is 23.9. The molecular formula is C29H40FN9S. The van der Waals surface area contributed by atoms with Gasteiger partial charge in [-0.25, -0.2) is 14.4 Å². The predicted molar refractivity (Wildman–Crippen MR) is 161 cm³/mol. The Labute approximate surface area is 241 Å². The Kier molecular flexibility index (Phi) is 10.0. The lowest BCUT2D eigenvalue weighted by Crippen LogP contribution is -2.54. The number of nitrogens with one attached hydrogen (secondary N) is 3. The van der Waals surface area contributed by atoms with Gasteiger partial charge >= 0.3 is 0 Å². The molecule has 0 atom stereocenters. The monoisotopic (exact) mass is 565 g/mol. The first-order chi connectivity index (χ1) is 19.4. The minimum atomic E-state index is -0.327. The van der Waals surface area contributed by atoms with Gasteiger partial charge in [-0.05, 0) is 56.4 Å². The number of thiazole rings is 1. The second-order valence-electron chi connectivity index (χ2n) is 10.1. The number of piperidine rings is 1. The zero-order valence-corrected chi connectivity index (χ0v) is 24.7. The Morgan fingerprint density at radius 2 is 1.90 bits per heavy atom. The van der Waals surface area contributed by atoms with Gasteiger partial charge < -0.3 is 20.4 Å². The van der Waals surface area contributed by atoms with Crippen LogP contribution in [0.25, 0.3) is 11.3 Å². The third-order valence-corrected chi connectivity index (χ3v) is 8.53. The van der Waals surface area contributed by atoms with Gasteiger partial charge in [-0.15, -0.1) is 0 Å². The summed E-state index contributed by atoms with van der Waals surface area (Å²) in [5.74, 6) is 1.31. The lowest BCUT2D eigenvalue weighted by atomic mass is 9.91. The lowest BCUT2D eigenvalue weighted by molar-refractivity contribution is 0.212. The molecule has 1 saturated heterocycles. The first kappa shape index (κ1) is 29.4. The molecule has 0 unspecified atom stereocenters. The van der Waals surface area contributed by atoms with Gasteiger partial charge in [0.1, 0.15) is 28.3 Å². The van der Waals surface area contributed by atoms with E-state index in [9.17, 15) is 9.65 Å². The number of hydrogen-bond donors (Lipinski definition) is 3. The van der Waals surface area contributed by atoms with Crippen LogP contribution >= 0.6 is 11.3 Å². The number of nitriles is 1. The molecule has 11 heteroatoms. The van der Waals surface area contributed by atoms with Crippen LogP contribution in [0.5, 0.6) is 0 Å². The highest BCUT2D eigenvalue weighted by molar-refractivity contribution is 7.16. The zero-order chi connectivity index (χ0) is 28.6. The van der Waals surface area contributed by atoms with Gasteiger partial charge in [-0.2, -0.15) is 5.26 Å². The van der Waals surface area contributed by atoms with Crippen LogP contribution in [0.1, 0.15) is 50.3 Å². The molecule has 1 aliphatic carbocycles. The van der Waals surface area contributed by atoms with Crippen LogP contribution in [-0.2, 0) is 0 Å². The molecule has 2 aliphatic rings. The second-order valence-corrected chi connectivity index (χ2v) is 11.1. The van der Waals surface area contributed by atoms with Crippen LogP contribution in [0.15, 0.2) is 53.6 Å². The van der Waals surface area contributed by atoms with Crippen molar-refractivity contribution in [1.29, 1.82) is 5.26 Å². The Bertz CT molecular complexity index is 1250. The number of guanidine groups is 1. The third kappa shape index (κ3) is 6.74. The van der Waals surface area contributed by atoms with E-state index in [1.165, 1.54) is 42.7 Å². The minimum Gasteiger partial charge on any atom is -0.373 e. The first-order valence-corrected chi connectivity index (χ1v) is 14.7. The molecule has 3 N–H and O–H groups in total. The van der Waals surface area contributed by atoms with Crippen LogP contribution in [0, 0.1) is 17.1 Å². The number of hydrogen-bond acceptors (Lipinski definition) is 8. The fraction of sp³-hybridized carbons (Fsp3) is 0.483. The number of allylic oxidation sites excluding steroid dienone is 1. The molecule has 40 heavy (non-hydrogen) atoms. The molecule has 1 aromatic carbocycles. The standard InChI is InChI=1S/C29H40FN9S/c1-6-24(36-38(5)28(33-7-2)39-17-15-23(16-18-39)34-22-9-8-10-22)27(32-3)37(4)29-35-26(25(19-31)40-29)20-11-13-21(30)14-12-20/h7,11-14,22-23,32,34,36H,2,6,8-10,15-18H2,1,3-5H3/b27-24+,33-28?. The van der Waals surface area contributed by atoms with E-state index in [1.54, 1.807) is 18.3 Å². The van der Waals surface area contributed by atoms with Gasteiger partial charge in [0.25, 0.3) is 0 Å². The quantitative estimate of drug-likeness (QED) is 0.219. The highest BCUT2D eigenvalue weighted by atomic mass is 32.1. The molecule has 1 aliphatic heterocycles. The molecule has 2 fully saturated rings. The highest BCUT2D eigenvalue weighted by Gasteiger charge is 2.27. The van der Waals surface area contributed by atoms with Crippen molar-refractivity contribution in [2.75, 3.05) is 39.1 Å². The van der Waals surface area contributed by atoms with E-state index in [0.717, 1.165) is 43.4 Å². The smallest absolute Gasteiger partial charge is 0.220 e.